The van der Waals surface area contributed by atoms with Gasteiger partial charge in [0, 0.05) is 13.2 Å². The maximum atomic E-state index is 12.8. The van der Waals surface area contributed by atoms with E-state index in [1.807, 2.05) is 0 Å². The number of amides is 2. The van der Waals surface area contributed by atoms with Crippen LogP contribution in [0.2, 0.25) is 0 Å². The molecule has 1 saturated heterocycles. The highest BCUT2D eigenvalue weighted by Gasteiger charge is 2.30. The zero-order valence-electron chi connectivity index (χ0n) is 13.2. The first-order valence-corrected chi connectivity index (χ1v) is 7.80. The number of nitrogens with one attached hydrogen (secondary N) is 2. The second kappa shape index (κ2) is 7.14. The highest BCUT2D eigenvalue weighted by atomic mass is 19.4. The molecule has 1 aliphatic rings. The Morgan fingerprint density at radius 3 is 2.96 bits per heavy atom. The van der Waals surface area contributed by atoms with Gasteiger partial charge in [-0.1, -0.05) is 6.07 Å². The van der Waals surface area contributed by atoms with Gasteiger partial charge in [-0.05, 0) is 31.0 Å². The third-order valence-electron chi connectivity index (χ3n) is 3.79. The van der Waals surface area contributed by atoms with Gasteiger partial charge in [0.05, 0.1) is 35.4 Å². The first-order valence-electron chi connectivity index (χ1n) is 7.80. The standard InChI is InChI=1S/C16H17F3N4O2/c17-16(18,19)11-3-1-4-13(7-11)23-10-12(8-21-23)22-15(24)20-9-14-5-2-6-25-14/h1,3-4,7-8,10,14H,2,5-6,9H2,(H2,20,22,24). The summed E-state index contributed by atoms with van der Waals surface area (Å²) in [6.07, 6.45) is 0.309. The van der Waals surface area contributed by atoms with E-state index in [-0.39, 0.29) is 11.8 Å². The SMILES string of the molecule is O=C(NCC1CCCO1)Nc1cnn(-c2cccc(C(F)(F)F)c2)c1. The molecule has 9 heteroatoms. The number of ether oxygens (including phenoxy) is 1. The Labute approximate surface area is 142 Å². The van der Waals surface area contributed by atoms with Crippen molar-refractivity contribution in [1.82, 2.24) is 15.1 Å². The van der Waals surface area contributed by atoms with E-state index < -0.39 is 17.8 Å². The summed E-state index contributed by atoms with van der Waals surface area (Å²) in [4.78, 5) is 11.8. The predicted molar refractivity (Wildman–Crippen MR) is 84.6 cm³/mol. The van der Waals surface area contributed by atoms with Crippen molar-refractivity contribution in [3.8, 4) is 5.69 Å². The van der Waals surface area contributed by atoms with E-state index in [0.29, 0.717) is 18.8 Å². The first-order chi connectivity index (χ1) is 11.9. The van der Waals surface area contributed by atoms with Crippen LogP contribution in [-0.4, -0.2) is 35.1 Å². The van der Waals surface area contributed by atoms with Crippen LogP contribution in [0.4, 0.5) is 23.7 Å². The van der Waals surface area contributed by atoms with Crippen molar-refractivity contribution < 1.29 is 22.7 Å². The molecule has 1 aromatic heterocycles. The minimum absolute atomic E-state index is 0.0265. The van der Waals surface area contributed by atoms with Crippen molar-refractivity contribution in [1.29, 1.82) is 0 Å². The molecule has 0 spiro atoms. The number of anilines is 1. The summed E-state index contributed by atoms with van der Waals surface area (Å²) < 4.78 is 45.0. The number of urea groups is 1. The van der Waals surface area contributed by atoms with E-state index in [4.69, 9.17) is 4.74 Å². The fraction of sp³-hybridized carbons (Fsp3) is 0.375. The Morgan fingerprint density at radius 1 is 1.40 bits per heavy atom. The Kier molecular flexibility index (Phi) is 4.93. The van der Waals surface area contributed by atoms with Crippen molar-refractivity contribution in [3.63, 3.8) is 0 Å². The third-order valence-corrected chi connectivity index (χ3v) is 3.79. The monoisotopic (exact) mass is 354 g/mol. The average molecular weight is 354 g/mol. The largest absolute Gasteiger partial charge is 0.416 e. The van der Waals surface area contributed by atoms with Crippen molar-refractivity contribution in [3.05, 3.63) is 42.2 Å². The van der Waals surface area contributed by atoms with E-state index in [2.05, 4.69) is 15.7 Å². The fourth-order valence-corrected chi connectivity index (χ4v) is 2.54. The topological polar surface area (TPSA) is 68.2 Å². The molecular weight excluding hydrogens is 337 g/mol. The number of alkyl halides is 3. The molecule has 2 N–H and O–H groups in total. The highest BCUT2D eigenvalue weighted by Crippen LogP contribution is 2.30. The van der Waals surface area contributed by atoms with Crippen molar-refractivity contribution in [2.45, 2.75) is 25.1 Å². The molecule has 2 aromatic rings. The van der Waals surface area contributed by atoms with Crippen LogP contribution in [0.1, 0.15) is 18.4 Å². The second-order valence-corrected chi connectivity index (χ2v) is 5.69. The minimum Gasteiger partial charge on any atom is -0.376 e. The number of halogens is 3. The normalized spacial score (nSPS) is 17.5. The molecule has 6 nitrogen and oxygen atoms in total. The van der Waals surface area contributed by atoms with Crippen LogP contribution >= 0.6 is 0 Å². The predicted octanol–water partition coefficient (Wildman–Crippen LogP) is 3.19. The maximum absolute atomic E-state index is 12.8. The average Bonchev–Trinajstić information content (AvgIpc) is 3.24. The number of aromatic nitrogens is 2. The molecule has 1 fully saturated rings. The molecule has 25 heavy (non-hydrogen) atoms. The molecule has 2 amide bonds. The van der Waals surface area contributed by atoms with Crippen LogP contribution in [0.3, 0.4) is 0 Å². The lowest BCUT2D eigenvalue weighted by molar-refractivity contribution is -0.137. The van der Waals surface area contributed by atoms with Gasteiger partial charge in [-0.15, -0.1) is 0 Å². The molecular formula is C16H17F3N4O2. The summed E-state index contributed by atoms with van der Waals surface area (Å²) in [7, 11) is 0. The van der Waals surface area contributed by atoms with Crippen molar-refractivity contribution >= 4 is 11.7 Å². The van der Waals surface area contributed by atoms with Crippen LogP contribution < -0.4 is 10.6 Å². The van der Waals surface area contributed by atoms with E-state index in [1.165, 1.54) is 29.2 Å². The Hall–Kier alpha value is -2.55. The Morgan fingerprint density at radius 2 is 2.24 bits per heavy atom. The molecule has 0 saturated carbocycles. The summed E-state index contributed by atoms with van der Waals surface area (Å²) in [6.45, 7) is 1.12. The van der Waals surface area contributed by atoms with Gasteiger partial charge in [0.25, 0.3) is 0 Å². The Balaban J connectivity index is 1.61. The number of carbonyl (C=O) groups excluding carboxylic acids is 1. The van der Waals surface area contributed by atoms with Crippen LogP contribution in [0.15, 0.2) is 36.7 Å². The van der Waals surface area contributed by atoms with Crippen molar-refractivity contribution in [2.24, 2.45) is 0 Å². The number of benzene rings is 1. The van der Waals surface area contributed by atoms with Gasteiger partial charge < -0.3 is 15.4 Å². The second-order valence-electron chi connectivity index (χ2n) is 5.69. The van der Waals surface area contributed by atoms with Crippen LogP contribution in [0.5, 0.6) is 0 Å². The lowest BCUT2D eigenvalue weighted by atomic mass is 10.2. The first kappa shape index (κ1) is 17.3. The number of nitrogens with zero attached hydrogens (tertiary/aromatic N) is 2. The van der Waals surface area contributed by atoms with Crippen LogP contribution in [0.25, 0.3) is 5.69 Å². The molecule has 1 atom stereocenters. The third kappa shape index (κ3) is 4.50. The number of hydrogen-bond acceptors (Lipinski definition) is 3. The van der Waals surface area contributed by atoms with Gasteiger partial charge in [0.2, 0.25) is 0 Å². The highest BCUT2D eigenvalue weighted by molar-refractivity contribution is 5.88. The Bertz CT molecular complexity index is 739. The molecule has 0 bridgehead atoms. The lowest BCUT2D eigenvalue weighted by Crippen LogP contribution is -2.34. The smallest absolute Gasteiger partial charge is 0.376 e. The molecule has 134 valence electrons. The quantitative estimate of drug-likeness (QED) is 0.886. The summed E-state index contributed by atoms with van der Waals surface area (Å²) >= 11 is 0. The summed E-state index contributed by atoms with van der Waals surface area (Å²) in [5, 5.41) is 9.26. The van der Waals surface area contributed by atoms with Gasteiger partial charge >= 0.3 is 12.2 Å². The van der Waals surface area contributed by atoms with Gasteiger partial charge in [-0.25, -0.2) is 9.48 Å². The molecule has 0 radical (unpaired) electrons. The van der Waals surface area contributed by atoms with E-state index in [0.717, 1.165) is 25.0 Å². The van der Waals surface area contributed by atoms with E-state index in [1.54, 1.807) is 0 Å². The molecule has 1 aliphatic heterocycles. The van der Waals surface area contributed by atoms with Gasteiger partial charge in [-0.3, -0.25) is 0 Å². The fourth-order valence-electron chi connectivity index (χ4n) is 2.54. The zero-order valence-corrected chi connectivity index (χ0v) is 13.2. The zero-order chi connectivity index (χ0) is 17.9. The molecule has 3 rings (SSSR count). The molecule has 1 unspecified atom stereocenters. The molecule has 1 aromatic carbocycles. The summed E-state index contributed by atoms with van der Waals surface area (Å²) in [5.74, 6) is 0. The maximum Gasteiger partial charge on any atom is 0.416 e. The van der Waals surface area contributed by atoms with Gasteiger partial charge in [-0.2, -0.15) is 18.3 Å². The van der Waals surface area contributed by atoms with E-state index >= 15 is 0 Å². The number of rotatable bonds is 4. The van der Waals surface area contributed by atoms with Crippen LogP contribution in [0, 0.1) is 0 Å². The minimum atomic E-state index is -4.42. The molecule has 2 heterocycles. The van der Waals surface area contributed by atoms with Crippen LogP contribution in [-0.2, 0) is 10.9 Å². The lowest BCUT2D eigenvalue weighted by Gasteiger charge is -2.10. The molecule has 0 aliphatic carbocycles. The van der Waals surface area contributed by atoms with E-state index in [9.17, 15) is 18.0 Å². The van der Waals surface area contributed by atoms with Crippen molar-refractivity contribution in [2.75, 3.05) is 18.5 Å². The number of carbonyl (C=O) groups is 1. The van der Waals surface area contributed by atoms with Gasteiger partial charge in [0.15, 0.2) is 0 Å². The summed E-state index contributed by atoms with van der Waals surface area (Å²) in [5.41, 5.74) is -0.130. The number of hydrogen-bond donors (Lipinski definition) is 2. The summed E-state index contributed by atoms with van der Waals surface area (Å²) in [6, 6.07) is 4.38. The van der Waals surface area contributed by atoms with Gasteiger partial charge in [0.1, 0.15) is 0 Å².